The van der Waals surface area contributed by atoms with Crippen molar-refractivity contribution in [2.75, 3.05) is 20.2 Å². The van der Waals surface area contributed by atoms with Crippen LogP contribution < -0.4 is 26.0 Å². The molecule has 3 fully saturated rings. The van der Waals surface area contributed by atoms with Gasteiger partial charge in [0.25, 0.3) is 5.91 Å². The summed E-state index contributed by atoms with van der Waals surface area (Å²) in [6.07, 6.45) is 6.14. The van der Waals surface area contributed by atoms with Crippen LogP contribution in [0, 0.1) is 11.8 Å². The SMILES string of the molecule is C=CC1CN2CCC1CC2C(NC(=O)c1ccccc1P(c1ccc(-c2ccccc2)cc1)c1ccc(-c2ccccc2)cc1)c1ccnc2ccc(OC)cc12. The van der Waals surface area contributed by atoms with Crippen molar-refractivity contribution in [2.24, 2.45) is 11.8 Å². The van der Waals surface area contributed by atoms with E-state index >= 15 is 4.79 Å². The summed E-state index contributed by atoms with van der Waals surface area (Å²) in [5.74, 6) is 1.70. The third-order valence-electron chi connectivity index (χ3n) is 12.0. The van der Waals surface area contributed by atoms with Gasteiger partial charge in [-0.3, -0.25) is 14.7 Å². The molecule has 5 unspecified atom stereocenters. The van der Waals surface area contributed by atoms with Gasteiger partial charge in [0.2, 0.25) is 0 Å². The van der Waals surface area contributed by atoms with Gasteiger partial charge in [0, 0.05) is 29.7 Å². The highest BCUT2D eigenvalue weighted by Crippen LogP contribution is 2.43. The second-order valence-corrected chi connectivity index (χ2v) is 17.3. The first-order chi connectivity index (χ1) is 28.1. The molecule has 6 aromatic carbocycles. The van der Waals surface area contributed by atoms with Crippen molar-refractivity contribution in [3.05, 3.63) is 188 Å². The number of carbonyl (C=O) groups is 1. The van der Waals surface area contributed by atoms with E-state index in [1.165, 1.54) is 32.9 Å². The molecular weight excluding hydrogens is 718 g/mol. The number of nitrogens with one attached hydrogen (secondary N) is 1. The first-order valence-electron chi connectivity index (χ1n) is 19.9. The van der Waals surface area contributed by atoms with Gasteiger partial charge in [-0.15, -0.1) is 6.58 Å². The number of aromatic nitrogens is 1. The van der Waals surface area contributed by atoms with Gasteiger partial charge >= 0.3 is 0 Å². The number of methoxy groups -OCH3 is 1. The van der Waals surface area contributed by atoms with Crippen LogP contribution in [-0.4, -0.2) is 42.0 Å². The molecule has 4 heterocycles. The molecule has 282 valence electrons. The standard InChI is InChI=1S/C51H46N3O2P/c1-3-35-34-54-31-29-40(35)32-48(54)50(44-28-30-52-47-27-22-41(56-2)33-46(44)47)53-51(55)45-16-10-11-17-49(45)57(42-23-18-38(19-24-42)36-12-6-4-7-13-36)43-25-20-39(21-26-43)37-14-8-5-9-15-37/h3-28,30,33,35,40,48,50H,1,29,31-32,34H2,2H3,(H,53,55). The molecule has 3 saturated heterocycles. The summed E-state index contributed by atoms with van der Waals surface area (Å²) in [4.78, 5) is 22.4. The Labute approximate surface area is 336 Å². The first-order valence-corrected chi connectivity index (χ1v) is 21.2. The molecule has 0 spiro atoms. The number of ether oxygens (including phenoxy) is 1. The fourth-order valence-corrected chi connectivity index (χ4v) is 11.4. The lowest BCUT2D eigenvalue weighted by Crippen LogP contribution is -2.57. The minimum Gasteiger partial charge on any atom is -0.497 e. The Hall–Kier alpha value is -5.87. The Bertz CT molecular complexity index is 2420. The zero-order valence-electron chi connectivity index (χ0n) is 32.2. The zero-order valence-corrected chi connectivity index (χ0v) is 33.1. The van der Waals surface area contributed by atoms with Crippen LogP contribution in [0.15, 0.2) is 177 Å². The van der Waals surface area contributed by atoms with Crippen LogP contribution in [0.2, 0.25) is 0 Å². The van der Waals surface area contributed by atoms with Crippen molar-refractivity contribution in [1.29, 1.82) is 0 Å². The predicted molar refractivity (Wildman–Crippen MR) is 236 cm³/mol. The molecule has 5 nitrogen and oxygen atoms in total. The molecule has 3 aliphatic heterocycles. The van der Waals surface area contributed by atoms with Crippen molar-refractivity contribution in [2.45, 2.75) is 24.9 Å². The van der Waals surface area contributed by atoms with Gasteiger partial charge in [0.1, 0.15) is 5.75 Å². The van der Waals surface area contributed by atoms with E-state index in [0.717, 1.165) is 53.5 Å². The Kier molecular flexibility index (Phi) is 10.5. The fourth-order valence-electron chi connectivity index (χ4n) is 9.02. The molecule has 6 heteroatoms. The molecule has 0 radical (unpaired) electrons. The number of nitrogens with zero attached hydrogens (tertiary/aromatic N) is 2. The lowest BCUT2D eigenvalue weighted by Gasteiger charge is -2.51. The summed E-state index contributed by atoms with van der Waals surface area (Å²) in [7, 11) is 0.579. The van der Waals surface area contributed by atoms with E-state index in [1.807, 2.05) is 42.6 Å². The average molecular weight is 764 g/mol. The van der Waals surface area contributed by atoms with E-state index in [2.05, 4.69) is 144 Å². The highest BCUT2D eigenvalue weighted by atomic mass is 31.1. The number of carbonyl (C=O) groups excluding carboxylic acids is 1. The molecule has 57 heavy (non-hydrogen) atoms. The summed E-state index contributed by atoms with van der Waals surface area (Å²) in [5.41, 5.74) is 7.34. The van der Waals surface area contributed by atoms with Gasteiger partial charge < -0.3 is 10.1 Å². The first kappa shape index (κ1) is 36.7. The maximum absolute atomic E-state index is 15.1. The van der Waals surface area contributed by atoms with Crippen LogP contribution in [0.5, 0.6) is 5.75 Å². The average Bonchev–Trinajstić information content (AvgIpc) is 3.29. The second kappa shape index (κ2) is 16.3. The Morgan fingerprint density at radius 1 is 0.789 bits per heavy atom. The Morgan fingerprint density at radius 3 is 2.00 bits per heavy atom. The second-order valence-electron chi connectivity index (χ2n) is 15.2. The van der Waals surface area contributed by atoms with Gasteiger partial charge in [-0.2, -0.15) is 0 Å². The molecule has 1 N–H and O–H groups in total. The van der Waals surface area contributed by atoms with Gasteiger partial charge in [-0.05, 0) is 113 Å². The minimum absolute atomic E-state index is 0.0688. The number of rotatable bonds is 11. The largest absolute Gasteiger partial charge is 0.497 e. The van der Waals surface area contributed by atoms with E-state index in [4.69, 9.17) is 9.72 Å². The minimum atomic E-state index is -1.11. The van der Waals surface area contributed by atoms with E-state index in [9.17, 15) is 0 Å². The lowest BCUT2D eigenvalue weighted by molar-refractivity contribution is 0.00171. The summed E-state index contributed by atoms with van der Waals surface area (Å²) in [6.45, 7) is 6.15. The monoisotopic (exact) mass is 763 g/mol. The van der Waals surface area contributed by atoms with Crippen molar-refractivity contribution in [3.63, 3.8) is 0 Å². The van der Waals surface area contributed by atoms with Crippen LogP contribution in [0.25, 0.3) is 33.2 Å². The topological polar surface area (TPSA) is 54.5 Å². The van der Waals surface area contributed by atoms with E-state index in [0.29, 0.717) is 17.4 Å². The number of amides is 1. The van der Waals surface area contributed by atoms with E-state index in [1.54, 1.807) is 7.11 Å². The van der Waals surface area contributed by atoms with Crippen LogP contribution >= 0.6 is 7.92 Å². The molecule has 5 atom stereocenters. The third-order valence-corrected chi connectivity index (χ3v) is 14.5. The zero-order chi connectivity index (χ0) is 38.7. The summed E-state index contributed by atoms with van der Waals surface area (Å²) in [6, 6.07) is 55.0. The predicted octanol–water partition coefficient (Wildman–Crippen LogP) is 9.70. The van der Waals surface area contributed by atoms with Gasteiger partial charge in [0.15, 0.2) is 0 Å². The molecule has 3 aliphatic rings. The van der Waals surface area contributed by atoms with Crippen LogP contribution in [-0.2, 0) is 0 Å². The van der Waals surface area contributed by atoms with E-state index < -0.39 is 7.92 Å². The number of hydrogen-bond acceptors (Lipinski definition) is 4. The van der Waals surface area contributed by atoms with Crippen molar-refractivity contribution in [3.8, 4) is 28.0 Å². The van der Waals surface area contributed by atoms with Crippen LogP contribution in [0.1, 0.15) is 34.8 Å². The molecule has 10 rings (SSSR count). The number of benzene rings is 6. The van der Waals surface area contributed by atoms with Crippen molar-refractivity contribution >= 4 is 40.6 Å². The van der Waals surface area contributed by atoms with Crippen molar-refractivity contribution < 1.29 is 9.53 Å². The Morgan fingerprint density at radius 2 is 1.40 bits per heavy atom. The molecule has 1 aromatic heterocycles. The van der Waals surface area contributed by atoms with E-state index in [-0.39, 0.29) is 18.0 Å². The number of pyridine rings is 1. The maximum Gasteiger partial charge on any atom is 0.252 e. The number of fused-ring (bicyclic) bond motifs is 4. The molecule has 2 bridgehead atoms. The lowest BCUT2D eigenvalue weighted by atomic mass is 9.73. The van der Waals surface area contributed by atoms with Gasteiger partial charge in [-0.1, -0.05) is 133 Å². The van der Waals surface area contributed by atoms with Crippen molar-refractivity contribution in [1.82, 2.24) is 15.2 Å². The third kappa shape index (κ3) is 7.42. The molecule has 1 amide bonds. The molecule has 7 aromatic rings. The molecule has 0 saturated carbocycles. The number of hydrogen-bond donors (Lipinski definition) is 1. The smallest absolute Gasteiger partial charge is 0.252 e. The summed E-state index contributed by atoms with van der Waals surface area (Å²) in [5, 5.41) is 8.06. The highest BCUT2D eigenvalue weighted by Gasteiger charge is 2.43. The normalized spacial score (nSPS) is 19.3. The van der Waals surface area contributed by atoms with Crippen LogP contribution in [0.3, 0.4) is 0 Å². The Balaban J connectivity index is 1.13. The highest BCUT2D eigenvalue weighted by molar-refractivity contribution is 7.80. The van der Waals surface area contributed by atoms with Crippen LogP contribution in [0.4, 0.5) is 0 Å². The quantitative estimate of drug-likeness (QED) is 0.105. The summed E-state index contributed by atoms with van der Waals surface area (Å²) >= 11 is 0. The van der Waals surface area contributed by atoms with Gasteiger partial charge in [-0.25, -0.2) is 0 Å². The molecule has 0 aliphatic carbocycles. The maximum atomic E-state index is 15.1. The number of piperidine rings is 3. The fraction of sp³-hybridized carbons (Fsp3) is 0.176. The molecular formula is C51H46N3O2P. The summed E-state index contributed by atoms with van der Waals surface area (Å²) < 4.78 is 5.69. The van der Waals surface area contributed by atoms with Gasteiger partial charge in [0.05, 0.1) is 18.7 Å².